The average Bonchev–Trinajstić information content (AvgIpc) is 2.87. The van der Waals surface area contributed by atoms with Gasteiger partial charge in [-0.3, -0.25) is 0 Å². The number of aromatic nitrogens is 2. The minimum Gasteiger partial charge on any atom is -0.383 e. The molecule has 1 unspecified atom stereocenters. The minimum absolute atomic E-state index is 0.428. The molecule has 1 N–H and O–H groups in total. The van der Waals surface area contributed by atoms with Crippen LogP contribution in [0.15, 0.2) is 12.4 Å². The fourth-order valence-corrected chi connectivity index (χ4v) is 1.75. The van der Waals surface area contributed by atoms with Crippen LogP contribution in [0.1, 0.15) is 12.5 Å². The van der Waals surface area contributed by atoms with E-state index in [9.17, 15) is 0 Å². The Labute approximate surface area is 89.4 Å². The standard InChI is InChI=1S/C10H17N3O2/c1-14-7-4-12-10-11-3-5-13(10)9-2-6-15-8-9/h3,5,9H,2,4,6-8H2,1H3,(H,11,12). The molecule has 2 heterocycles. The maximum absolute atomic E-state index is 5.36. The van der Waals surface area contributed by atoms with Gasteiger partial charge in [-0.2, -0.15) is 0 Å². The van der Waals surface area contributed by atoms with Gasteiger partial charge < -0.3 is 19.4 Å². The van der Waals surface area contributed by atoms with Crippen LogP contribution in [0.3, 0.4) is 0 Å². The van der Waals surface area contributed by atoms with Crippen molar-refractivity contribution >= 4 is 5.95 Å². The predicted molar refractivity (Wildman–Crippen MR) is 57.1 cm³/mol. The van der Waals surface area contributed by atoms with E-state index in [-0.39, 0.29) is 0 Å². The largest absolute Gasteiger partial charge is 0.383 e. The first-order valence-corrected chi connectivity index (χ1v) is 5.25. The van der Waals surface area contributed by atoms with Crippen LogP contribution in [-0.4, -0.2) is 43.0 Å². The van der Waals surface area contributed by atoms with Gasteiger partial charge in [0.15, 0.2) is 0 Å². The Morgan fingerprint density at radius 1 is 1.73 bits per heavy atom. The predicted octanol–water partition coefficient (Wildman–Crippen LogP) is 0.903. The molecule has 5 nitrogen and oxygen atoms in total. The van der Waals surface area contributed by atoms with Crippen LogP contribution in [0.4, 0.5) is 5.95 Å². The van der Waals surface area contributed by atoms with E-state index in [0.29, 0.717) is 12.6 Å². The zero-order valence-corrected chi connectivity index (χ0v) is 8.98. The number of imidazole rings is 1. The lowest BCUT2D eigenvalue weighted by molar-refractivity contribution is 0.186. The Hall–Kier alpha value is -1.07. The van der Waals surface area contributed by atoms with Gasteiger partial charge in [0.1, 0.15) is 0 Å². The minimum atomic E-state index is 0.428. The van der Waals surface area contributed by atoms with Crippen LogP contribution in [-0.2, 0) is 9.47 Å². The number of hydrogen-bond acceptors (Lipinski definition) is 4. The number of methoxy groups -OCH3 is 1. The molecular formula is C10H17N3O2. The van der Waals surface area contributed by atoms with Crippen molar-refractivity contribution in [2.45, 2.75) is 12.5 Å². The molecule has 0 bridgehead atoms. The maximum Gasteiger partial charge on any atom is 0.203 e. The molecule has 1 aliphatic rings. The lowest BCUT2D eigenvalue weighted by Crippen LogP contribution is -2.15. The highest BCUT2D eigenvalue weighted by molar-refractivity contribution is 5.26. The molecule has 0 saturated carbocycles. The van der Waals surface area contributed by atoms with E-state index < -0.39 is 0 Å². The summed E-state index contributed by atoms with van der Waals surface area (Å²) in [4.78, 5) is 4.27. The molecule has 0 radical (unpaired) electrons. The summed E-state index contributed by atoms with van der Waals surface area (Å²) in [7, 11) is 1.69. The Kier molecular flexibility index (Phi) is 3.58. The summed E-state index contributed by atoms with van der Waals surface area (Å²) in [5.74, 6) is 0.905. The van der Waals surface area contributed by atoms with E-state index in [4.69, 9.17) is 9.47 Å². The molecule has 1 aromatic heterocycles. The fourth-order valence-electron chi connectivity index (χ4n) is 1.75. The molecule has 1 aliphatic heterocycles. The highest BCUT2D eigenvalue weighted by Crippen LogP contribution is 2.22. The summed E-state index contributed by atoms with van der Waals surface area (Å²) >= 11 is 0. The van der Waals surface area contributed by atoms with Crippen LogP contribution in [0.25, 0.3) is 0 Å². The molecule has 1 saturated heterocycles. The first kappa shape index (κ1) is 10.4. The molecule has 1 fully saturated rings. The fraction of sp³-hybridized carbons (Fsp3) is 0.700. The SMILES string of the molecule is COCCNc1nccn1C1CCOC1. The van der Waals surface area contributed by atoms with Gasteiger partial charge in [0.2, 0.25) is 5.95 Å². The van der Waals surface area contributed by atoms with Crippen molar-refractivity contribution in [2.24, 2.45) is 0 Å². The molecule has 1 atom stereocenters. The summed E-state index contributed by atoms with van der Waals surface area (Å²) < 4.78 is 12.5. The maximum atomic E-state index is 5.36. The van der Waals surface area contributed by atoms with E-state index in [2.05, 4.69) is 14.9 Å². The molecule has 0 amide bonds. The number of nitrogens with zero attached hydrogens (tertiary/aromatic N) is 2. The van der Waals surface area contributed by atoms with E-state index in [1.165, 1.54) is 0 Å². The first-order valence-electron chi connectivity index (χ1n) is 5.25. The van der Waals surface area contributed by atoms with Crippen molar-refractivity contribution < 1.29 is 9.47 Å². The Morgan fingerprint density at radius 3 is 3.40 bits per heavy atom. The third-order valence-electron chi connectivity index (χ3n) is 2.56. The van der Waals surface area contributed by atoms with Crippen LogP contribution in [0.5, 0.6) is 0 Å². The van der Waals surface area contributed by atoms with Gasteiger partial charge in [-0.25, -0.2) is 4.98 Å². The van der Waals surface area contributed by atoms with Crippen molar-refractivity contribution in [2.75, 3.05) is 38.8 Å². The Morgan fingerprint density at radius 2 is 2.67 bits per heavy atom. The lowest BCUT2D eigenvalue weighted by atomic mass is 10.2. The summed E-state index contributed by atoms with van der Waals surface area (Å²) in [6.07, 6.45) is 4.87. The molecule has 2 rings (SSSR count). The van der Waals surface area contributed by atoms with E-state index in [0.717, 1.165) is 32.1 Å². The Balaban J connectivity index is 1.95. The average molecular weight is 211 g/mol. The summed E-state index contributed by atoms with van der Waals surface area (Å²) in [5.41, 5.74) is 0. The topological polar surface area (TPSA) is 48.3 Å². The van der Waals surface area contributed by atoms with Crippen LogP contribution in [0, 0.1) is 0 Å². The molecule has 84 valence electrons. The second-order valence-electron chi connectivity index (χ2n) is 3.60. The highest BCUT2D eigenvalue weighted by Gasteiger charge is 2.19. The molecule has 0 aliphatic carbocycles. The van der Waals surface area contributed by atoms with Crippen molar-refractivity contribution in [3.8, 4) is 0 Å². The second kappa shape index (κ2) is 5.14. The second-order valence-corrected chi connectivity index (χ2v) is 3.60. The third-order valence-corrected chi connectivity index (χ3v) is 2.56. The van der Waals surface area contributed by atoms with Gasteiger partial charge in [-0.1, -0.05) is 0 Å². The smallest absolute Gasteiger partial charge is 0.203 e. The molecule has 0 spiro atoms. The third kappa shape index (κ3) is 2.49. The first-order chi connectivity index (χ1) is 7.42. The Bertz CT molecular complexity index is 295. The zero-order chi connectivity index (χ0) is 10.5. The number of rotatable bonds is 5. The summed E-state index contributed by atoms with van der Waals surface area (Å²) in [6, 6.07) is 0.428. The summed E-state index contributed by atoms with van der Waals surface area (Å²) in [5, 5.41) is 3.24. The van der Waals surface area contributed by atoms with Crippen molar-refractivity contribution in [1.29, 1.82) is 0 Å². The number of anilines is 1. The summed E-state index contributed by atoms with van der Waals surface area (Å²) in [6.45, 7) is 3.10. The molecule has 5 heteroatoms. The molecule has 15 heavy (non-hydrogen) atoms. The van der Waals surface area contributed by atoms with Crippen molar-refractivity contribution in [3.63, 3.8) is 0 Å². The molecular weight excluding hydrogens is 194 g/mol. The van der Waals surface area contributed by atoms with Gasteiger partial charge >= 0.3 is 0 Å². The van der Waals surface area contributed by atoms with Gasteiger partial charge in [0.05, 0.1) is 19.3 Å². The normalized spacial score (nSPS) is 20.7. The van der Waals surface area contributed by atoms with Gasteiger partial charge in [-0.05, 0) is 6.42 Å². The zero-order valence-electron chi connectivity index (χ0n) is 8.98. The van der Waals surface area contributed by atoms with Gasteiger partial charge in [-0.15, -0.1) is 0 Å². The molecule has 0 aromatic carbocycles. The number of hydrogen-bond donors (Lipinski definition) is 1. The van der Waals surface area contributed by atoms with Gasteiger partial charge in [0.25, 0.3) is 0 Å². The van der Waals surface area contributed by atoms with Crippen LogP contribution >= 0.6 is 0 Å². The van der Waals surface area contributed by atoms with Gasteiger partial charge in [0, 0.05) is 32.7 Å². The van der Waals surface area contributed by atoms with Crippen molar-refractivity contribution in [1.82, 2.24) is 9.55 Å². The molecule has 1 aromatic rings. The van der Waals surface area contributed by atoms with Crippen molar-refractivity contribution in [3.05, 3.63) is 12.4 Å². The quantitative estimate of drug-likeness (QED) is 0.735. The van der Waals surface area contributed by atoms with E-state index >= 15 is 0 Å². The number of ether oxygens (including phenoxy) is 2. The van der Waals surface area contributed by atoms with E-state index in [1.807, 2.05) is 12.4 Å². The lowest BCUT2D eigenvalue weighted by Gasteiger charge is -2.14. The number of nitrogens with one attached hydrogen (secondary N) is 1. The van der Waals surface area contributed by atoms with Crippen LogP contribution in [0.2, 0.25) is 0 Å². The van der Waals surface area contributed by atoms with Crippen LogP contribution < -0.4 is 5.32 Å². The van der Waals surface area contributed by atoms with E-state index in [1.54, 1.807) is 7.11 Å². The monoisotopic (exact) mass is 211 g/mol. The highest BCUT2D eigenvalue weighted by atomic mass is 16.5.